The molecule has 0 saturated carbocycles. The van der Waals surface area contributed by atoms with E-state index >= 15 is 0 Å². The molecule has 3 N–H and O–H groups in total. The van der Waals surface area contributed by atoms with Gasteiger partial charge in [-0.1, -0.05) is 0 Å². The lowest BCUT2D eigenvalue weighted by Crippen LogP contribution is -1.98. The highest BCUT2D eigenvalue weighted by Crippen LogP contribution is 2.28. The van der Waals surface area contributed by atoms with Crippen molar-refractivity contribution in [1.82, 2.24) is 4.98 Å². The van der Waals surface area contributed by atoms with E-state index in [1.54, 1.807) is 6.07 Å². The topological polar surface area (TPSA) is 89.4 Å². The molecule has 1 aromatic heterocycles. The van der Waals surface area contributed by atoms with E-state index in [1.165, 1.54) is 6.07 Å². The van der Waals surface area contributed by atoms with Crippen LogP contribution in [0.25, 0.3) is 22.6 Å². The first-order chi connectivity index (χ1) is 9.54. The molecule has 0 atom stereocenters. The number of nitrogens with zero attached hydrogens (tertiary/aromatic N) is 1. The third-order valence-electron chi connectivity index (χ3n) is 2.83. The van der Waals surface area contributed by atoms with Crippen molar-refractivity contribution in [3.05, 3.63) is 45.5 Å². The second-order valence-corrected chi connectivity index (χ2v) is 5.49. The normalized spacial score (nSPS) is 10.8. The first-order valence-electron chi connectivity index (χ1n) is 5.74. The highest BCUT2D eigenvalue weighted by atomic mass is 127. The van der Waals surface area contributed by atoms with Gasteiger partial charge in [-0.05, 0) is 59.0 Å². The van der Waals surface area contributed by atoms with E-state index in [0.717, 1.165) is 9.13 Å². The molecule has 100 valence electrons. The molecule has 0 aliphatic heterocycles. The average molecular weight is 380 g/mol. The van der Waals surface area contributed by atoms with Gasteiger partial charge in [-0.2, -0.15) is 0 Å². The molecule has 2 aromatic carbocycles. The number of anilines is 1. The molecule has 0 aliphatic rings. The molecule has 20 heavy (non-hydrogen) atoms. The van der Waals surface area contributed by atoms with Gasteiger partial charge in [-0.15, -0.1) is 0 Å². The first kappa shape index (κ1) is 12.9. The lowest BCUT2D eigenvalue weighted by atomic mass is 10.2. The van der Waals surface area contributed by atoms with Gasteiger partial charge in [-0.25, -0.2) is 9.78 Å². The predicted molar refractivity (Wildman–Crippen MR) is 83.5 cm³/mol. The van der Waals surface area contributed by atoms with E-state index in [0.29, 0.717) is 17.1 Å². The Morgan fingerprint density at radius 2 is 1.95 bits per heavy atom. The van der Waals surface area contributed by atoms with Crippen LogP contribution in [0, 0.1) is 3.57 Å². The Morgan fingerprint density at radius 3 is 2.60 bits per heavy atom. The fourth-order valence-corrected chi connectivity index (χ4v) is 2.29. The van der Waals surface area contributed by atoms with Crippen LogP contribution >= 0.6 is 22.6 Å². The van der Waals surface area contributed by atoms with Gasteiger partial charge < -0.3 is 15.3 Å². The molecule has 0 radical (unpaired) electrons. The predicted octanol–water partition coefficient (Wildman–Crippen LogP) is 3.38. The molecule has 6 heteroatoms. The number of hydrogen-bond acceptors (Lipinski definition) is 4. The lowest BCUT2D eigenvalue weighted by Gasteiger charge is -1.97. The first-order valence-corrected chi connectivity index (χ1v) is 6.82. The highest BCUT2D eigenvalue weighted by molar-refractivity contribution is 14.1. The van der Waals surface area contributed by atoms with Gasteiger partial charge in [0.05, 0.1) is 0 Å². The number of benzene rings is 2. The number of aromatic nitrogens is 1. The number of fused-ring (bicyclic) bond motifs is 1. The second-order valence-electron chi connectivity index (χ2n) is 4.25. The largest absolute Gasteiger partial charge is 0.478 e. The smallest absolute Gasteiger partial charge is 0.339 e. The molecule has 3 rings (SSSR count). The molecule has 0 spiro atoms. The molecule has 0 bridgehead atoms. The fraction of sp³-hybridized carbons (Fsp3) is 0. The number of aromatic carboxylic acids is 1. The number of nitrogen functional groups attached to an aromatic ring is 1. The maximum absolute atomic E-state index is 11.2. The quantitative estimate of drug-likeness (QED) is 0.526. The van der Waals surface area contributed by atoms with E-state index < -0.39 is 5.97 Å². The van der Waals surface area contributed by atoms with Crippen LogP contribution in [0.4, 0.5) is 5.69 Å². The molecule has 5 nitrogen and oxygen atoms in total. The highest BCUT2D eigenvalue weighted by Gasteiger charge is 2.16. The minimum atomic E-state index is -1.09. The van der Waals surface area contributed by atoms with Crippen molar-refractivity contribution in [2.24, 2.45) is 0 Å². The maximum Gasteiger partial charge on any atom is 0.339 e. The summed E-state index contributed by atoms with van der Waals surface area (Å²) in [5.74, 6) is -0.711. The zero-order valence-electron chi connectivity index (χ0n) is 10.1. The third-order valence-corrected chi connectivity index (χ3v) is 3.55. The van der Waals surface area contributed by atoms with Gasteiger partial charge in [0.25, 0.3) is 0 Å². The second kappa shape index (κ2) is 4.78. The van der Waals surface area contributed by atoms with Crippen molar-refractivity contribution in [3.8, 4) is 11.5 Å². The van der Waals surface area contributed by atoms with Crippen LogP contribution in [0.2, 0.25) is 0 Å². The monoisotopic (exact) mass is 380 g/mol. The zero-order chi connectivity index (χ0) is 14.3. The van der Waals surface area contributed by atoms with Crippen molar-refractivity contribution in [3.63, 3.8) is 0 Å². The van der Waals surface area contributed by atoms with Crippen molar-refractivity contribution >= 4 is 45.3 Å². The number of rotatable bonds is 2. The van der Waals surface area contributed by atoms with E-state index in [4.69, 9.17) is 10.2 Å². The summed E-state index contributed by atoms with van der Waals surface area (Å²) in [5, 5.41) is 9.18. The Bertz CT molecular complexity index is 809. The van der Waals surface area contributed by atoms with E-state index in [2.05, 4.69) is 27.6 Å². The van der Waals surface area contributed by atoms with Crippen LogP contribution in [0.1, 0.15) is 10.4 Å². The fourth-order valence-electron chi connectivity index (χ4n) is 1.93. The van der Waals surface area contributed by atoms with E-state index in [-0.39, 0.29) is 11.1 Å². The standard InChI is InChI=1S/C14H9IN2O3/c15-8-3-1-7(2-4-8)13-17-11-6-9(16)5-10(14(18)19)12(11)20-13/h1-6H,16H2,(H,18,19). The third kappa shape index (κ3) is 2.22. The van der Waals surface area contributed by atoms with Gasteiger partial charge in [0.2, 0.25) is 5.89 Å². The molecule has 3 aromatic rings. The molecule has 0 amide bonds. The number of oxazole rings is 1. The van der Waals surface area contributed by atoms with Crippen molar-refractivity contribution in [2.45, 2.75) is 0 Å². The Morgan fingerprint density at radius 1 is 1.25 bits per heavy atom. The Labute approximate surface area is 127 Å². The number of nitrogens with two attached hydrogens (primary N) is 1. The van der Waals surface area contributed by atoms with Gasteiger partial charge in [0, 0.05) is 14.8 Å². The Balaban J connectivity index is 2.22. The van der Waals surface area contributed by atoms with Crippen LogP contribution in [-0.4, -0.2) is 16.1 Å². The summed E-state index contributed by atoms with van der Waals surface area (Å²) in [7, 11) is 0. The van der Waals surface area contributed by atoms with Crippen LogP contribution in [0.3, 0.4) is 0 Å². The van der Waals surface area contributed by atoms with Gasteiger partial charge in [0.1, 0.15) is 11.1 Å². The Hall–Kier alpha value is -2.09. The Kier molecular flexibility index (Phi) is 3.09. The van der Waals surface area contributed by atoms with Gasteiger partial charge in [0.15, 0.2) is 5.58 Å². The molecule has 0 saturated heterocycles. The van der Waals surface area contributed by atoms with E-state index in [1.807, 2.05) is 24.3 Å². The number of carbonyl (C=O) groups is 1. The SMILES string of the molecule is Nc1cc(C(=O)O)c2oc(-c3ccc(I)cc3)nc2c1. The zero-order valence-corrected chi connectivity index (χ0v) is 12.3. The summed E-state index contributed by atoms with van der Waals surface area (Å²) in [5.41, 5.74) is 7.51. The molecular weight excluding hydrogens is 371 g/mol. The molecule has 0 aliphatic carbocycles. The summed E-state index contributed by atoms with van der Waals surface area (Å²) in [4.78, 5) is 15.5. The number of hydrogen-bond donors (Lipinski definition) is 2. The lowest BCUT2D eigenvalue weighted by molar-refractivity contribution is 0.0698. The number of carboxylic acids is 1. The summed E-state index contributed by atoms with van der Waals surface area (Å²) in [6, 6.07) is 10.6. The van der Waals surface area contributed by atoms with E-state index in [9.17, 15) is 9.90 Å². The molecular formula is C14H9IN2O3. The molecule has 1 heterocycles. The maximum atomic E-state index is 11.2. The van der Waals surface area contributed by atoms with Crippen LogP contribution in [-0.2, 0) is 0 Å². The summed E-state index contributed by atoms with van der Waals surface area (Å²) < 4.78 is 6.69. The molecule has 0 fully saturated rings. The molecule has 0 unspecified atom stereocenters. The minimum absolute atomic E-state index is 0.0178. The summed E-state index contributed by atoms with van der Waals surface area (Å²) in [6.07, 6.45) is 0. The van der Waals surface area contributed by atoms with Crippen molar-refractivity contribution < 1.29 is 14.3 Å². The average Bonchev–Trinajstić information content (AvgIpc) is 2.81. The summed E-state index contributed by atoms with van der Waals surface area (Å²) in [6.45, 7) is 0. The van der Waals surface area contributed by atoms with Crippen molar-refractivity contribution in [1.29, 1.82) is 0 Å². The van der Waals surface area contributed by atoms with Gasteiger partial charge in [-0.3, -0.25) is 0 Å². The van der Waals surface area contributed by atoms with Crippen LogP contribution in [0.5, 0.6) is 0 Å². The number of halogens is 1. The van der Waals surface area contributed by atoms with Gasteiger partial charge >= 0.3 is 5.97 Å². The summed E-state index contributed by atoms with van der Waals surface area (Å²) >= 11 is 2.20. The van der Waals surface area contributed by atoms with Crippen LogP contribution < -0.4 is 5.73 Å². The van der Waals surface area contributed by atoms with Crippen molar-refractivity contribution in [2.75, 3.05) is 5.73 Å². The van der Waals surface area contributed by atoms with Crippen LogP contribution in [0.15, 0.2) is 40.8 Å². The minimum Gasteiger partial charge on any atom is -0.478 e. The number of carboxylic acid groups (broad SMARTS) is 1.